The second-order valence-electron chi connectivity index (χ2n) is 8.72. The molecule has 0 aliphatic rings. The zero-order valence-electron chi connectivity index (χ0n) is 21.0. The Hall–Kier alpha value is -3.07. The third-order valence-corrected chi connectivity index (χ3v) is 6.57. The summed E-state index contributed by atoms with van der Waals surface area (Å²) in [5.74, 6) is -0.177. The van der Waals surface area contributed by atoms with Gasteiger partial charge in [0, 0.05) is 12.6 Å². The minimum absolute atomic E-state index is 0.106. The van der Waals surface area contributed by atoms with E-state index >= 15 is 0 Å². The van der Waals surface area contributed by atoms with E-state index in [0.717, 1.165) is 27.3 Å². The summed E-state index contributed by atoms with van der Waals surface area (Å²) in [6.07, 6.45) is 1.08. The number of carbonyl (C=O) groups excluding carboxylic acids is 2. The summed E-state index contributed by atoms with van der Waals surface area (Å²) in [4.78, 5) is 27.8. The van der Waals surface area contributed by atoms with E-state index in [2.05, 4.69) is 5.32 Å². The predicted octanol–water partition coefficient (Wildman–Crippen LogP) is 3.02. The lowest BCUT2D eigenvalue weighted by molar-refractivity contribution is -0.139. The van der Waals surface area contributed by atoms with Crippen LogP contribution in [0.2, 0.25) is 0 Å². The molecule has 0 heterocycles. The van der Waals surface area contributed by atoms with Crippen molar-refractivity contribution in [2.75, 3.05) is 24.2 Å². The molecule has 0 fully saturated rings. The van der Waals surface area contributed by atoms with E-state index in [1.807, 2.05) is 26.0 Å². The number of methoxy groups -OCH3 is 1. The van der Waals surface area contributed by atoms with Crippen LogP contribution in [0.25, 0.3) is 0 Å². The second kappa shape index (κ2) is 11.4. The molecule has 1 N–H and O–H groups in total. The first-order chi connectivity index (χ1) is 15.8. The van der Waals surface area contributed by atoms with Gasteiger partial charge in [-0.15, -0.1) is 0 Å². The van der Waals surface area contributed by atoms with E-state index < -0.39 is 28.5 Å². The van der Waals surface area contributed by atoms with Gasteiger partial charge in [-0.1, -0.05) is 30.3 Å². The summed E-state index contributed by atoms with van der Waals surface area (Å²) >= 11 is 0. The molecule has 186 valence electrons. The van der Waals surface area contributed by atoms with Crippen LogP contribution in [0.4, 0.5) is 5.69 Å². The van der Waals surface area contributed by atoms with Crippen LogP contribution in [-0.4, -0.2) is 57.1 Å². The topological polar surface area (TPSA) is 96.0 Å². The van der Waals surface area contributed by atoms with Crippen LogP contribution in [0.5, 0.6) is 5.75 Å². The lowest BCUT2D eigenvalue weighted by atomic mass is 10.1. The number of carbonyl (C=O) groups is 2. The number of benzene rings is 2. The molecule has 2 aromatic carbocycles. The Kier molecular flexibility index (Phi) is 9.09. The van der Waals surface area contributed by atoms with E-state index in [9.17, 15) is 18.0 Å². The predicted molar refractivity (Wildman–Crippen MR) is 134 cm³/mol. The van der Waals surface area contributed by atoms with Gasteiger partial charge in [0.2, 0.25) is 21.8 Å². The van der Waals surface area contributed by atoms with Gasteiger partial charge in [0.15, 0.2) is 0 Å². The first-order valence-electron chi connectivity index (χ1n) is 11.1. The van der Waals surface area contributed by atoms with Crippen molar-refractivity contribution in [2.24, 2.45) is 0 Å². The molecule has 2 rings (SSSR count). The van der Waals surface area contributed by atoms with Gasteiger partial charge >= 0.3 is 0 Å². The highest BCUT2D eigenvalue weighted by molar-refractivity contribution is 7.92. The number of hydrogen-bond acceptors (Lipinski definition) is 5. The molecule has 0 bridgehead atoms. The van der Waals surface area contributed by atoms with Crippen molar-refractivity contribution in [1.82, 2.24) is 10.2 Å². The zero-order valence-corrected chi connectivity index (χ0v) is 21.8. The van der Waals surface area contributed by atoms with Crippen LogP contribution in [-0.2, 0) is 26.2 Å². The van der Waals surface area contributed by atoms with Crippen LogP contribution in [0, 0.1) is 13.8 Å². The SMILES string of the molecule is COc1cccc(CN(C(=O)CN(c2c(C)cccc2C)S(C)(=O)=O)[C@@H](C)C(=O)NC(C)C)c1. The maximum absolute atomic E-state index is 13.6. The summed E-state index contributed by atoms with van der Waals surface area (Å²) in [5.41, 5.74) is 2.71. The van der Waals surface area contributed by atoms with Gasteiger partial charge in [0.05, 0.1) is 19.1 Å². The number of ether oxygens (including phenoxy) is 1. The average Bonchev–Trinajstić information content (AvgIpc) is 2.75. The zero-order chi connectivity index (χ0) is 25.6. The Morgan fingerprint density at radius 1 is 1.03 bits per heavy atom. The number of aryl methyl sites for hydroxylation is 2. The van der Waals surface area contributed by atoms with E-state index in [1.54, 1.807) is 58.2 Å². The lowest BCUT2D eigenvalue weighted by Gasteiger charge is -2.32. The van der Waals surface area contributed by atoms with E-state index in [-0.39, 0.29) is 18.5 Å². The molecule has 0 unspecified atom stereocenters. The monoisotopic (exact) mass is 489 g/mol. The van der Waals surface area contributed by atoms with Gasteiger partial charge in [-0.25, -0.2) is 8.42 Å². The minimum atomic E-state index is -3.77. The summed E-state index contributed by atoms with van der Waals surface area (Å²) in [7, 11) is -2.22. The normalized spacial score (nSPS) is 12.2. The third kappa shape index (κ3) is 6.96. The molecule has 0 saturated heterocycles. The Bertz CT molecular complexity index is 1110. The second-order valence-corrected chi connectivity index (χ2v) is 10.6. The van der Waals surface area contributed by atoms with Gasteiger partial charge in [0.25, 0.3) is 0 Å². The molecule has 9 heteroatoms. The summed E-state index contributed by atoms with van der Waals surface area (Å²) in [6, 6.07) is 11.7. The van der Waals surface area contributed by atoms with E-state index in [0.29, 0.717) is 11.4 Å². The van der Waals surface area contributed by atoms with E-state index in [4.69, 9.17) is 4.74 Å². The smallest absolute Gasteiger partial charge is 0.244 e. The molecule has 0 spiro atoms. The van der Waals surface area contributed by atoms with Crippen LogP contribution in [0.3, 0.4) is 0 Å². The molecular formula is C25H35N3O5S. The highest BCUT2D eigenvalue weighted by Crippen LogP contribution is 2.27. The molecule has 2 aromatic rings. The molecule has 0 radical (unpaired) electrons. The molecule has 0 aliphatic heterocycles. The fourth-order valence-corrected chi connectivity index (χ4v) is 4.69. The van der Waals surface area contributed by atoms with Crippen LogP contribution in [0.1, 0.15) is 37.5 Å². The average molecular weight is 490 g/mol. The highest BCUT2D eigenvalue weighted by atomic mass is 32.2. The van der Waals surface area contributed by atoms with Gasteiger partial charge in [-0.05, 0) is 63.4 Å². The molecule has 0 saturated carbocycles. The standard InChI is InChI=1S/C25H35N3O5S/c1-17(2)26-25(30)20(5)27(15-21-12-9-13-22(14-21)33-6)23(29)16-28(34(7,31)32)24-18(3)10-8-11-19(24)4/h8-14,17,20H,15-16H2,1-7H3,(H,26,30)/t20-/m0/s1. The number of para-hydroxylation sites is 1. The van der Waals surface area contributed by atoms with Crippen LogP contribution >= 0.6 is 0 Å². The first-order valence-corrected chi connectivity index (χ1v) is 13.0. The van der Waals surface area contributed by atoms with Crippen molar-refractivity contribution < 1.29 is 22.7 Å². The molecule has 8 nitrogen and oxygen atoms in total. The number of hydrogen-bond donors (Lipinski definition) is 1. The fraction of sp³-hybridized carbons (Fsp3) is 0.440. The van der Waals surface area contributed by atoms with Crippen molar-refractivity contribution in [3.8, 4) is 5.75 Å². The largest absolute Gasteiger partial charge is 0.497 e. The molecule has 34 heavy (non-hydrogen) atoms. The summed E-state index contributed by atoms with van der Waals surface area (Å²) in [5, 5.41) is 2.83. The minimum Gasteiger partial charge on any atom is -0.497 e. The molecule has 2 amide bonds. The maximum atomic E-state index is 13.6. The Morgan fingerprint density at radius 3 is 2.15 bits per heavy atom. The van der Waals surface area contributed by atoms with Gasteiger partial charge in [-0.3, -0.25) is 13.9 Å². The van der Waals surface area contributed by atoms with Crippen LogP contribution in [0.15, 0.2) is 42.5 Å². The van der Waals surface area contributed by atoms with Crippen molar-refractivity contribution in [3.63, 3.8) is 0 Å². The number of amides is 2. The molecular weight excluding hydrogens is 454 g/mol. The lowest BCUT2D eigenvalue weighted by Crippen LogP contribution is -2.52. The van der Waals surface area contributed by atoms with Gasteiger partial charge in [0.1, 0.15) is 18.3 Å². The summed E-state index contributed by atoms with van der Waals surface area (Å²) in [6.45, 7) is 8.62. The van der Waals surface area contributed by atoms with E-state index in [1.165, 1.54) is 4.90 Å². The van der Waals surface area contributed by atoms with Crippen molar-refractivity contribution >= 4 is 27.5 Å². The number of nitrogens with one attached hydrogen (secondary N) is 1. The van der Waals surface area contributed by atoms with Crippen molar-refractivity contribution in [3.05, 3.63) is 59.2 Å². The first kappa shape index (κ1) is 27.2. The van der Waals surface area contributed by atoms with Crippen molar-refractivity contribution in [1.29, 1.82) is 0 Å². The van der Waals surface area contributed by atoms with Crippen molar-refractivity contribution in [2.45, 2.75) is 53.2 Å². The molecule has 0 aromatic heterocycles. The highest BCUT2D eigenvalue weighted by Gasteiger charge is 2.31. The van der Waals surface area contributed by atoms with Gasteiger partial charge in [-0.2, -0.15) is 0 Å². The number of nitrogens with zero attached hydrogens (tertiary/aromatic N) is 2. The fourth-order valence-electron chi connectivity index (χ4n) is 3.73. The third-order valence-electron chi connectivity index (χ3n) is 5.45. The Labute approximate surface area is 202 Å². The molecule has 0 aliphatic carbocycles. The van der Waals surface area contributed by atoms with Crippen LogP contribution < -0.4 is 14.4 Å². The Balaban J connectivity index is 2.46. The number of anilines is 1. The quantitative estimate of drug-likeness (QED) is 0.554. The molecule has 1 atom stereocenters. The summed E-state index contributed by atoms with van der Waals surface area (Å²) < 4.78 is 31.9. The number of sulfonamides is 1. The maximum Gasteiger partial charge on any atom is 0.244 e. The number of rotatable bonds is 10. The van der Waals surface area contributed by atoms with Gasteiger partial charge < -0.3 is 15.0 Å². The Morgan fingerprint density at radius 2 is 1.62 bits per heavy atom.